The molecule has 0 bridgehead atoms. The van der Waals surface area contributed by atoms with Gasteiger partial charge in [0.05, 0.1) is 17.4 Å². The maximum Gasteiger partial charge on any atom is 0.353 e. The molecule has 1 unspecified atom stereocenters. The normalized spacial score (nSPS) is 11.8. The molecule has 0 saturated heterocycles. The first kappa shape index (κ1) is 19.1. The summed E-state index contributed by atoms with van der Waals surface area (Å²) >= 11 is 0. The van der Waals surface area contributed by atoms with Crippen molar-refractivity contribution in [1.29, 1.82) is 0 Å². The van der Waals surface area contributed by atoms with Crippen molar-refractivity contribution in [3.8, 4) is 11.4 Å². The maximum atomic E-state index is 12.2. The number of fused-ring (bicyclic) bond motifs is 1. The summed E-state index contributed by atoms with van der Waals surface area (Å²) in [5.74, 6) is -0.840. The van der Waals surface area contributed by atoms with E-state index in [9.17, 15) is 9.59 Å². The summed E-state index contributed by atoms with van der Waals surface area (Å²) < 4.78 is 6.49. The number of nitrogens with one attached hydrogen (secondary N) is 1. The molecular weight excluding hydrogens is 384 g/mol. The Morgan fingerprint density at radius 3 is 2.80 bits per heavy atom. The summed E-state index contributed by atoms with van der Waals surface area (Å²) in [6, 6.07) is 13.4. The Morgan fingerprint density at radius 1 is 1.20 bits per heavy atom. The van der Waals surface area contributed by atoms with Crippen molar-refractivity contribution in [2.45, 2.75) is 13.0 Å². The molecule has 0 aliphatic carbocycles. The Labute approximate surface area is 171 Å². The maximum absolute atomic E-state index is 12.2. The lowest BCUT2D eigenvalue weighted by molar-refractivity contribution is -0.123. The van der Waals surface area contributed by atoms with Crippen molar-refractivity contribution in [1.82, 2.24) is 19.4 Å². The van der Waals surface area contributed by atoms with Gasteiger partial charge in [-0.2, -0.15) is 0 Å². The molecule has 30 heavy (non-hydrogen) atoms. The molecule has 150 valence electrons. The van der Waals surface area contributed by atoms with E-state index in [0.717, 1.165) is 22.5 Å². The molecule has 0 fully saturated rings. The molecule has 4 heterocycles. The van der Waals surface area contributed by atoms with Gasteiger partial charge in [0, 0.05) is 23.5 Å². The number of anilines is 2. The molecule has 9 heteroatoms. The molecule has 0 amide bonds. The Morgan fingerprint density at radius 2 is 2.03 bits per heavy atom. The van der Waals surface area contributed by atoms with Crippen molar-refractivity contribution in [2.75, 3.05) is 11.1 Å². The third-order valence-electron chi connectivity index (χ3n) is 4.67. The zero-order chi connectivity index (χ0) is 21.1. The van der Waals surface area contributed by atoms with Crippen molar-refractivity contribution in [3.05, 3.63) is 72.3 Å². The van der Waals surface area contributed by atoms with E-state index >= 15 is 0 Å². The van der Waals surface area contributed by atoms with E-state index < -0.39 is 5.97 Å². The van der Waals surface area contributed by atoms with Crippen LogP contribution < -0.4 is 11.1 Å². The van der Waals surface area contributed by atoms with Crippen LogP contribution in [-0.2, 0) is 9.53 Å². The highest BCUT2D eigenvalue weighted by Crippen LogP contribution is 2.33. The Hall–Kier alpha value is -4.27. The summed E-state index contributed by atoms with van der Waals surface area (Å²) in [5.41, 5.74) is 9.37. The molecule has 0 aliphatic heterocycles. The van der Waals surface area contributed by atoms with E-state index in [4.69, 9.17) is 5.73 Å². The van der Waals surface area contributed by atoms with Crippen molar-refractivity contribution in [2.24, 2.45) is 0 Å². The van der Waals surface area contributed by atoms with Crippen LogP contribution in [0, 0.1) is 0 Å². The van der Waals surface area contributed by atoms with E-state index in [0.29, 0.717) is 0 Å². The topological polar surface area (TPSA) is 125 Å². The standard InChI is InChI=1S/C21H18N6O3/c1-13(26-20-17(21(29)30-12-28)19(22)24-11-25-20)15-10-14-6-3-5-9-27(14)18(15)16-7-2-4-8-23-16/h2-13H,1H3,(H3,22,24,25,26). The van der Waals surface area contributed by atoms with Crippen molar-refractivity contribution in [3.63, 3.8) is 0 Å². The number of rotatable bonds is 6. The largest absolute Gasteiger partial charge is 0.392 e. The summed E-state index contributed by atoms with van der Waals surface area (Å²) in [4.78, 5) is 35.2. The average molecular weight is 402 g/mol. The Balaban J connectivity index is 1.79. The number of aromatic nitrogens is 4. The number of esters is 1. The molecule has 9 nitrogen and oxygen atoms in total. The van der Waals surface area contributed by atoms with Crippen LogP contribution in [0.15, 0.2) is 61.2 Å². The number of hydrogen-bond donors (Lipinski definition) is 2. The Bertz CT molecular complexity index is 1220. The summed E-state index contributed by atoms with van der Waals surface area (Å²) in [6.45, 7) is 1.97. The Kier molecular flexibility index (Phi) is 5.08. The van der Waals surface area contributed by atoms with Gasteiger partial charge >= 0.3 is 12.4 Å². The van der Waals surface area contributed by atoms with Crippen LogP contribution >= 0.6 is 0 Å². The van der Waals surface area contributed by atoms with Crippen LogP contribution in [0.25, 0.3) is 16.9 Å². The second kappa shape index (κ2) is 8.00. The van der Waals surface area contributed by atoms with Crippen LogP contribution in [0.1, 0.15) is 28.9 Å². The van der Waals surface area contributed by atoms with Gasteiger partial charge in [0.15, 0.2) is 0 Å². The fraction of sp³-hybridized carbons (Fsp3) is 0.0952. The number of pyridine rings is 2. The van der Waals surface area contributed by atoms with E-state index in [-0.39, 0.29) is 29.7 Å². The number of carbonyl (C=O) groups excluding carboxylic acids is 2. The summed E-state index contributed by atoms with van der Waals surface area (Å²) in [7, 11) is 0. The lowest BCUT2D eigenvalue weighted by Gasteiger charge is -2.18. The van der Waals surface area contributed by atoms with Gasteiger partial charge < -0.3 is 20.2 Å². The fourth-order valence-electron chi connectivity index (χ4n) is 3.34. The number of nitrogens with two attached hydrogens (primary N) is 1. The molecule has 0 aliphatic rings. The molecule has 4 aromatic heterocycles. The van der Waals surface area contributed by atoms with Crippen LogP contribution in [0.2, 0.25) is 0 Å². The predicted octanol–water partition coefficient (Wildman–Crippen LogP) is 2.86. The molecule has 4 aromatic rings. The van der Waals surface area contributed by atoms with Gasteiger partial charge in [-0.3, -0.25) is 9.78 Å². The minimum Gasteiger partial charge on any atom is -0.392 e. The highest BCUT2D eigenvalue weighted by atomic mass is 16.6. The molecule has 0 radical (unpaired) electrons. The third kappa shape index (κ3) is 3.44. The monoisotopic (exact) mass is 402 g/mol. The highest BCUT2D eigenvalue weighted by Gasteiger charge is 2.23. The van der Waals surface area contributed by atoms with Gasteiger partial charge in [-0.25, -0.2) is 14.8 Å². The lowest BCUT2D eigenvalue weighted by atomic mass is 10.1. The van der Waals surface area contributed by atoms with E-state index in [2.05, 4.69) is 25.0 Å². The summed E-state index contributed by atoms with van der Waals surface area (Å²) in [6.07, 6.45) is 4.93. The minimum atomic E-state index is -0.926. The smallest absolute Gasteiger partial charge is 0.353 e. The molecule has 4 rings (SSSR count). The van der Waals surface area contributed by atoms with Gasteiger partial charge in [-0.1, -0.05) is 12.1 Å². The van der Waals surface area contributed by atoms with Crippen LogP contribution in [0.4, 0.5) is 11.6 Å². The molecule has 0 spiro atoms. The van der Waals surface area contributed by atoms with Gasteiger partial charge in [0.25, 0.3) is 0 Å². The van der Waals surface area contributed by atoms with Gasteiger partial charge in [-0.15, -0.1) is 0 Å². The zero-order valence-electron chi connectivity index (χ0n) is 16.0. The second-order valence-corrected chi connectivity index (χ2v) is 6.51. The van der Waals surface area contributed by atoms with Crippen molar-refractivity contribution < 1.29 is 14.3 Å². The van der Waals surface area contributed by atoms with Gasteiger partial charge in [0.2, 0.25) is 0 Å². The zero-order valence-corrected chi connectivity index (χ0v) is 16.0. The molecule has 0 aromatic carbocycles. The number of hydrogen-bond acceptors (Lipinski definition) is 8. The fourth-order valence-corrected chi connectivity index (χ4v) is 3.34. The third-order valence-corrected chi connectivity index (χ3v) is 4.67. The second-order valence-electron chi connectivity index (χ2n) is 6.51. The van der Waals surface area contributed by atoms with E-state index in [1.807, 2.05) is 60.0 Å². The number of carbonyl (C=O) groups is 2. The SMILES string of the molecule is CC(Nc1ncnc(N)c1C(=O)OC=O)c1cc2ccccn2c1-c1ccccn1. The van der Waals surface area contributed by atoms with E-state index in [1.54, 1.807) is 6.20 Å². The van der Waals surface area contributed by atoms with Crippen molar-refractivity contribution >= 4 is 29.6 Å². The molecule has 0 saturated carbocycles. The van der Waals surface area contributed by atoms with Gasteiger partial charge in [-0.05, 0) is 37.3 Å². The van der Waals surface area contributed by atoms with Crippen LogP contribution in [-0.4, -0.2) is 31.8 Å². The molecule has 3 N–H and O–H groups in total. The number of nitrogen functional groups attached to an aromatic ring is 1. The first-order valence-electron chi connectivity index (χ1n) is 9.13. The number of nitrogens with zero attached hydrogens (tertiary/aromatic N) is 4. The first-order valence-corrected chi connectivity index (χ1v) is 9.13. The van der Waals surface area contributed by atoms with E-state index in [1.165, 1.54) is 6.33 Å². The highest BCUT2D eigenvalue weighted by molar-refractivity contribution is 6.01. The minimum absolute atomic E-state index is 0.0434. The molecule has 1 atom stereocenters. The predicted molar refractivity (Wildman–Crippen MR) is 111 cm³/mol. The lowest BCUT2D eigenvalue weighted by Crippen LogP contribution is -2.17. The van der Waals surface area contributed by atoms with Gasteiger partial charge in [0.1, 0.15) is 23.5 Å². The average Bonchev–Trinajstić information content (AvgIpc) is 3.14. The quantitative estimate of drug-likeness (QED) is 0.287. The molecular formula is C21H18N6O3. The summed E-state index contributed by atoms with van der Waals surface area (Å²) in [5, 5.41) is 3.19. The number of ether oxygens (including phenoxy) is 1. The van der Waals surface area contributed by atoms with Crippen LogP contribution in [0.5, 0.6) is 0 Å². The first-order chi connectivity index (χ1) is 14.6. The van der Waals surface area contributed by atoms with Crippen LogP contribution in [0.3, 0.4) is 0 Å².